The SMILES string of the molecule is OC(Cc1ccsc1)Cc1ccc2ccccc2n1. The maximum atomic E-state index is 10.1. The number of aliphatic hydroxyl groups excluding tert-OH is 1. The van der Waals surface area contributed by atoms with Crippen molar-refractivity contribution in [2.75, 3.05) is 0 Å². The van der Waals surface area contributed by atoms with Gasteiger partial charge in [0.25, 0.3) is 0 Å². The van der Waals surface area contributed by atoms with Gasteiger partial charge in [0, 0.05) is 17.5 Å². The number of pyridine rings is 1. The maximum Gasteiger partial charge on any atom is 0.0705 e. The highest BCUT2D eigenvalue weighted by Crippen LogP contribution is 2.15. The molecule has 0 aliphatic carbocycles. The monoisotopic (exact) mass is 269 g/mol. The molecule has 0 bridgehead atoms. The van der Waals surface area contributed by atoms with Crippen LogP contribution in [0.5, 0.6) is 0 Å². The predicted molar refractivity (Wildman–Crippen MR) is 79.5 cm³/mol. The quantitative estimate of drug-likeness (QED) is 0.787. The van der Waals surface area contributed by atoms with Crippen molar-refractivity contribution in [1.82, 2.24) is 4.98 Å². The molecular formula is C16H15NOS. The number of thiophene rings is 1. The molecule has 1 atom stereocenters. The fraction of sp³-hybridized carbons (Fsp3) is 0.188. The van der Waals surface area contributed by atoms with E-state index in [-0.39, 0.29) is 6.10 Å². The Morgan fingerprint density at radius 3 is 2.79 bits per heavy atom. The molecule has 1 N–H and O–H groups in total. The highest BCUT2D eigenvalue weighted by atomic mass is 32.1. The minimum Gasteiger partial charge on any atom is -0.392 e. The average molecular weight is 269 g/mol. The number of para-hydroxylation sites is 1. The zero-order chi connectivity index (χ0) is 13.1. The third-order valence-electron chi connectivity index (χ3n) is 3.15. The molecule has 2 aromatic heterocycles. The van der Waals surface area contributed by atoms with Gasteiger partial charge in [0.05, 0.1) is 11.6 Å². The molecule has 1 unspecified atom stereocenters. The van der Waals surface area contributed by atoms with Crippen LogP contribution in [0.4, 0.5) is 0 Å². The molecule has 0 saturated carbocycles. The number of aliphatic hydroxyl groups is 1. The maximum absolute atomic E-state index is 10.1. The largest absolute Gasteiger partial charge is 0.392 e. The first kappa shape index (κ1) is 12.3. The van der Waals surface area contributed by atoms with Crippen LogP contribution in [0, 0.1) is 0 Å². The highest BCUT2D eigenvalue weighted by molar-refractivity contribution is 7.07. The summed E-state index contributed by atoms with van der Waals surface area (Å²) in [7, 11) is 0. The number of rotatable bonds is 4. The second-order valence-electron chi connectivity index (χ2n) is 4.69. The lowest BCUT2D eigenvalue weighted by Crippen LogP contribution is -2.14. The summed E-state index contributed by atoms with van der Waals surface area (Å²) in [5.41, 5.74) is 3.13. The van der Waals surface area contributed by atoms with E-state index < -0.39 is 0 Å². The third-order valence-corrected chi connectivity index (χ3v) is 3.88. The van der Waals surface area contributed by atoms with E-state index in [1.807, 2.05) is 35.7 Å². The van der Waals surface area contributed by atoms with Crippen LogP contribution in [-0.2, 0) is 12.8 Å². The molecule has 3 aromatic rings. The molecule has 3 heteroatoms. The highest BCUT2D eigenvalue weighted by Gasteiger charge is 2.08. The molecule has 0 amide bonds. The molecule has 0 radical (unpaired) electrons. The molecule has 3 rings (SSSR count). The van der Waals surface area contributed by atoms with Crippen LogP contribution in [0.15, 0.2) is 53.2 Å². The second-order valence-corrected chi connectivity index (χ2v) is 5.47. The average Bonchev–Trinajstić information content (AvgIpc) is 2.91. The lowest BCUT2D eigenvalue weighted by atomic mass is 10.1. The zero-order valence-corrected chi connectivity index (χ0v) is 11.3. The molecule has 2 nitrogen and oxygen atoms in total. The van der Waals surface area contributed by atoms with Crippen LogP contribution in [0.1, 0.15) is 11.3 Å². The normalized spacial score (nSPS) is 12.7. The van der Waals surface area contributed by atoms with Crippen LogP contribution < -0.4 is 0 Å². The Balaban J connectivity index is 1.73. The van der Waals surface area contributed by atoms with Gasteiger partial charge in [-0.25, -0.2) is 0 Å². The smallest absolute Gasteiger partial charge is 0.0705 e. The van der Waals surface area contributed by atoms with Crippen molar-refractivity contribution in [2.45, 2.75) is 18.9 Å². The molecule has 0 fully saturated rings. The summed E-state index contributed by atoms with van der Waals surface area (Å²) in [5, 5.41) is 15.4. The summed E-state index contributed by atoms with van der Waals surface area (Å²) in [6, 6.07) is 14.2. The van der Waals surface area contributed by atoms with E-state index in [4.69, 9.17) is 0 Å². The summed E-state index contributed by atoms with van der Waals surface area (Å²) in [6.07, 6.45) is 0.918. The summed E-state index contributed by atoms with van der Waals surface area (Å²) in [6.45, 7) is 0. The van der Waals surface area contributed by atoms with Crippen LogP contribution in [0.2, 0.25) is 0 Å². The Kier molecular flexibility index (Phi) is 3.58. The molecule has 96 valence electrons. The van der Waals surface area contributed by atoms with Crippen molar-refractivity contribution in [3.63, 3.8) is 0 Å². The summed E-state index contributed by atoms with van der Waals surface area (Å²) in [4.78, 5) is 4.59. The van der Waals surface area contributed by atoms with E-state index in [0.717, 1.165) is 16.6 Å². The van der Waals surface area contributed by atoms with Crippen LogP contribution >= 0.6 is 11.3 Å². The minimum atomic E-state index is -0.372. The van der Waals surface area contributed by atoms with Crippen LogP contribution in [0.25, 0.3) is 10.9 Å². The summed E-state index contributed by atoms with van der Waals surface area (Å²) >= 11 is 1.66. The van der Waals surface area contributed by atoms with Gasteiger partial charge >= 0.3 is 0 Å². The summed E-state index contributed by atoms with van der Waals surface area (Å²) < 4.78 is 0. The standard InChI is InChI=1S/C16H15NOS/c18-15(9-12-7-8-19-11-12)10-14-6-5-13-3-1-2-4-16(13)17-14/h1-8,11,15,18H,9-10H2. The number of hydrogen-bond donors (Lipinski definition) is 1. The number of aromatic nitrogens is 1. The van der Waals surface area contributed by atoms with Gasteiger partial charge in [-0.15, -0.1) is 0 Å². The van der Waals surface area contributed by atoms with E-state index >= 15 is 0 Å². The fourth-order valence-electron chi connectivity index (χ4n) is 2.22. The zero-order valence-electron chi connectivity index (χ0n) is 10.5. The van der Waals surface area contributed by atoms with Gasteiger partial charge in [-0.1, -0.05) is 24.3 Å². The Morgan fingerprint density at radius 2 is 1.95 bits per heavy atom. The predicted octanol–water partition coefficient (Wildman–Crippen LogP) is 3.44. The van der Waals surface area contributed by atoms with Crippen molar-refractivity contribution in [3.8, 4) is 0 Å². The number of nitrogens with zero attached hydrogens (tertiary/aromatic N) is 1. The van der Waals surface area contributed by atoms with Gasteiger partial charge in [-0.3, -0.25) is 4.98 Å². The Hall–Kier alpha value is -1.71. The summed E-state index contributed by atoms with van der Waals surface area (Å²) in [5.74, 6) is 0. The second kappa shape index (κ2) is 5.51. The van der Waals surface area contributed by atoms with E-state index in [0.29, 0.717) is 12.8 Å². The first-order chi connectivity index (χ1) is 9.31. The molecular weight excluding hydrogens is 254 g/mol. The van der Waals surface area contributed by atoms with Crippen molar-refractivity contribution in [1.29, 1.82) is 0 Å². The number of hydrogen-bond acceptors (Lipinski definition) is 3. The van der Waals surface area contributed by atoms with Crippen molar-refractivity contribution in [2.24, 2.45) is 0 Å². The van der Waals surface area contributed by atoms with Gasteiger partial charge in [0.1, 0.15) is 0 Å². The lowest BCUT2D eigenvalue weighted by Gasteiger charge is -2.09. The van der Waals surface area contributed by atoms with E-state index in [9.17, 15) is 5.11 Å². The van der Waals surface area contributed by atoms with Gasteiger partial charge in [-0.2, -0.15) is 11.3 Å². The molecule has 0 aliphatic rings. The lowest BCUT2D eigenvalue weighted by molar-refractivity contribution is 0.174. The molecule has 0 spiro atoms. The van der Waals surface area contributed by atoms with E-state index in [2.05, 4.69) is 22.5 Å². The van der Waals surface area contributed by atoms with Gasteiger partial charge < -0.3 is 5.11 Å². The first-order valence-electron chi connectivity index (χ1n) is 6.35. The minimum absolute atomic E-state index is 0.372. The Bertz CT molecular complexity index is 663. The Morgan fingerprint density at radius 1 is 1.05 bits per heavy atom. The number of benzene rings is 1. The van der Waals surface area contributed by atoms with Crippen LogP contribution in [-0.4, -0.2) is 16.2 Å². The van der Waals surface area contributed by atoms with Crippen molar-refractivity contribution < 1.29 is 5.11 Å². The molecule has 19 heavy (non-hydrogen) atoms. The van der Waals surface area contributed by atoms with Crippen molar-refractivity contribution >= 4 is 22.2 Å². The third kappa shape index (κ3) is 3.00. The van der Waals surface area contributed by atoms with E-state index in [1.54, 1.807) is 11.3 Å². The van der Waals surface area contributed by atoms with Gasteiger partial charge in [0.15, 0.2) is 0 Å². The molecule has 2 heterocycles. The first-order valence-corrected chi connectivity index (χ1v) is 7.29. The molecule has 1 aromatic carbocycles. The van der Waals surface area contributed by atoms with Crippen molar-refractivity contribution in [3.05, 3.63) is 64.5 Å². The molecule has 0 aliphatic heterocycles. The number of fused-ring (bicyclic) bond motifs is 1. The fourth-order valence-corrected chi connectivity index (χ4v) is 2.90. The Labute approximate surface area is 116 Å². The van der Waals surface area contributed by atoms with Gasteiger partial charge in [0.2, 0.25) is 0 Å². The molecule has 0 saturated heterocycles. The van der Waals surface area contributed by atoms with Crippen LogP contribution in [0.3, 0.4) is 0 Å². The van der Waals surface area contributed by atoms with E-state index in [1.165, 1.54) is 5.56 Å². The topological polar surface area (TPSA) is 33.1 Å². The van der Waals surface area contributed by atoms with Gasteiger partial charge in [-0.05, 0) is 40.9 Å².